The number of hydrogen-bond donors (Lipinski definition) is 1. The lowest BCUT2D eigenvalue weighted by atomic mass is 9.67. The molecule has 0 amide bonds. The normalized spacial score (nSPS) is 23.4. The molecule has 1 saturated carbocycles. The van der Waals surface area contributed by atoms with E-state index in [1.165, 1.54) is 7.11 Å². The quantitative estimate of drug-likeness (QED) is 0.834. The van der Waals surface area contributed by atoms with Gasteiger partial charge in [-0.2, -0.15) is 0 Å². The van der Waals surface area contributed by atoms with Gasteiger partial charge in [0.1, 0.15) is 0 Å². The molecule has 1 aliphatic carbocycles. The average Bonchev–Trinajstić information content (AvgIpc) is 2.21. The van der Waals surface area contributed by atoms with Crippen molar-refractivity contribution < 1.29 is 23.4 Å². The maximum atomic E-state index is 13.1. The molecule has 0 aromatic heterocycles. The third-order valence-corrected chi connectivity index (χ3v) is 3.71. The number of carbonyl (C=O) groups is 1. The SMILES string of the molecule is COC(C)(C)CC1(C(=O)O)CCC(F)(F)CC1. The van der Waals surface area contributed by atoms with Crippen LogP contribution in [0.25, 0.3) is 0 Å². The molecule has 0 aromatic carbocycles. The molecule has 0 bridgehead atoms. The van der Waals surface area contributed by atoms with Gasteiger partial charge in [0.15, 0.2) is 0 Å². The van der Waals surface area contributed by atoms with Gasteiger partial charge < -0.3 is 9.84 Å². The van der Waals surface area contributed by atoms with Crippen LogP contribution in [0.3, 0.4) is 0 Å². The van der Waals surface area contributed by atoms with Crippen LogP contribution in [0.15, 0.2) is 0 Å². The molecule has 1 N–H and O–H groups in total. The summed E-state index contributed by atoms with van der Waals surface area (Å²) in [7, 11) is 1.51. The minimum atomic E-state index is -2.71. The smallest absolute Gasteiger partial charge is 0.309 e. The molecule has 0 saturated heterocycles. The van der Waals surface area contributed by atoms with Crippen molar-refractivity contribution in [1.82, 2.24) is 0 Å². The topological polar surface area (TPSA) is 46.5 Å². The molecule has 0 radical (unpaired) electrons. The lowest BCUT2D eigenvalue weighted by molar-refractivity contribution is -0.163. The number of hydrogen-bond acceptors (Lipinski definition) is 2. The molecule has 5 heteroatoms. The Morgan fingerprint density at radius 3 is 2.12 bits per heavy atom. The maximum absolute atomic E-state index is 13.1. The minimum absolute atomic E-state index is 0.0160. The van der Waals surface area contributed by atoms with Crippen LogP contribution in [-0.4, -0.2) is 29.7 Å². The molecule has 3 nitrogen and oxygen atoms in total. The van der Waals surface area contributed by atoms with E-state index in [2.05, 4.69) is 0 Å². The fourth-order valence-corrected chi connectivity index (χ4v) is 2.45. The van der Waals surface area contributed by atoms with E-state index in [1.807, 2.05) is 0 Å². The summed E-state index contributed by atoms with van der Waals surface area (Å²) in [4.78, 5) is 11.4. The van der Waals surface area contributed by atoms with Crippen molar-refractivity contribution in [2.45, 2.75) is 57.5 Å². The Morgan fingerprint density at radius 2 is 1.76 bits per heavy atom. The Kier molecular flexibility index (Phi) is 3.81. The molecule has 1 fully saturated rings. The number of carboxylic acids is 1. The van der Waals surface area contributed by atoms with E-state index in [0.29, 0.717) is 0 Å². The van der Waals surface area contributed by atoms with Gasteiger partial charge in [0.25, 0.3) is 0 Å². The zero-order valence-corrected chi connectivity index (χ0v) is 10.6. The first kappa shape index (κ1) is 14.4. The van der Waals surface area contributed by atoms with Gasteiger partial charge in [0.2, 0.25) is 5.92 Å². The van der Waals surface area contributed by atoms with Crippen LogP contribution in [0, 0.1) is 5.41 Å². The number of ether oxygens (including phenoxy) is 1. The van der Waals surface area contributed by atoms with Gasteiger partial charge in [-0.1, -0.05) is 0 Å². The van der Waals surface area contributed by atoms with Crippen molar-refractivity contribution in [3.63, 3.8) is 0 Å². The highest BCUT2D eigenvalue weighted by atomic mass is 19.3. The lowest BCUT2D eigenvalue weighted by Crippen LogP contribution is -2.44. The third kappa shape index (κ3) is 3.37. The van der Waals surface area contributed by atoms with E-state index in [0.717, 1.165) is 0 Å². The van der Waals surface area contributed by atoms with Crippen LogP contribution in [0.1, 0.15) is 46.0 Å². The highest BCUT2D eigenvalue weighted by molar-refractivity contribution is 5.75. The van der Waals surface area contributed by atoms with Crippen LogP contribution in [-0.2, 0) is 9.53 Å². The second-order valence-corrected chi connectivity index (χ2v) is 5.58. The predicted octanol–water partition coefficient (Wildman–Crippen LogP) is 3.08. The summed E-state index contributed by atoms with van der Waals surface area (Å²) in [6, 6.07) is 0. The fraction of sp³-hybridized carbons (Fsp3) is 0.917. The standard InChI is InChI=1S/C12H20F2O3/c1-10(2,17-3)8-11(9(15)16)4-6-12(13,14)7-5-11/h4-8H2,1-3H3,(H,15,16). The number of carboxylic acid groups (broad SMARTS) is 1. The average molecular weight is 250 g/mol. The molecule has 0 atom stereocenters. The highest BCUT2D eigenvalue weighted by Gasteiger charge is 2.50. The Balaban J connectivity index is 2.83. The van der Waals surface area contributed by atoms with Crippen molar-refractivity contribution in [3.05, 3.63) is 0 Å². The molecule has 1 rings (SSSR count). The van der Waals surface area contributed by atoms with E-state index in [1.54, 1.807) is 13.8 Å². The van der Waals surface area contributed by atoms with Crippen molar-refractivity contribution in [2.24, 2.45) is 5.41 Å². The Bertz CT molecular complexity index is 290. The van der Waals surface area contributed by atoms with Crippen LogP contribution in [0.4, 0.5) is 8.78 Å². The molecule has 0 heterocycles. The summed E-state index contributed by atoms with van der Waals surface area (Å²) in [5.74, 6) is -3.70. The van der Waals surface area contributed by atoms with Crippen LogP contribution >= 0.6 is 0 Å². The first-order chi connectivity index (χ1) is 7.63. The van der Waals surface area contributed by atoms with Crippen molar-refractivity contribution in [1.29, 1.82) is 0 Å². The largest absolute Gasteiger partial charge is 0.481 e. The number of methoxy groups -OCH3 is 1. The molecule has 0 aromatic rings. The molecule has 0 aliphatic heterocycles. The second kappa shape index (κ2) is 4.52. The van der Waals surface area contributed by atoms with Crippen LogP contribution < -0.4 is 0 Å². The van der Waals surface area contributed by atoms with Crippen molar-refractivity contribution >= 4 is 5.97 Å². The lowest BCUT2D eigenvalue weighted by Gasteiger charge is -2.41. The summed E-state index contributed by atoms with van der Waals surface area (Å²) >= 11 is 0. The second-order valence-electron chi connectivity index (χ2n) is 5.58. The third-order valence-electron chi connectivity index (χ3n) is 3.71. The van der Waals surface area contributed by atoms with Gasteiger partial charge in [-0.15, -0.1) is 0 Å². The highest BCUT2D eigenvalue weighted by Crippen LogP contribution is 2.48. The summed E-state index contributed by atoms with van der Waals surface area (Å²) in [6.45, 7) is 3.56. The Labute approximate surface area is 100 Å². The zero-order chi connectivity index (χ0) is 13.3. The maximum Gasteiger partial charge on any atom is 0.309 e. The van der Waals surface area contributed by atoms with Gasteiger partial charge in [0, 0.05) is 20.0 Å². The summed E-state index contributed by atoms with van der Waals surface area (Å²) < 4.78 is 31.4. The molecule has 1 aliphatic rings. The molecular weight excluding hydrogens is 230 g/mol. The molecule has 100 valence electrons. The predicted molar refractivity (Wildman–Crippen MR) is 59.2 cm³/mol. The van der Waals surface area contributed by atoms with E-state index in [-0.39, 0.29) is 32.1 Å². The first-order valence-electron chi connectivity index (χ1n) is 5.79. The van der Waals surface area contributed by atoms with Crippen LogP contribution in [0.5, 0.6) is 0 Å². The Morgan fingerprint density at radius 1 is 1.29 bits per heavy atom. The van der Waals surface area contributed by atoms with Gasteiger partial charge in [0.05, 0.1) is 11.0 Å². The van der Waals surface area contributed by atoms with Crippen molar-refractivity contribution in [2.75, 3.05) is 7.11 Å². The number of rotatable bonds is 4. The zero-order valence-electron chi connectivity index (χ0n) is 10.6. The van der Waals surface area contributed by atoms with E-state index in [4.69, 9.17) is 4.74 Å². The summed E-state index contributed by atoms with van der Waals surface area (Å²) in [5.41, 5.74) is -1.67. The fourth-order valence-electron chi connectivity index (χ4n) is 2.45. The summed E-state index contributed by atoms with van der Waals surface area (Å²) in [6.07, 6.45) is -0.398. The van der Waals surface area contributed by atoms with Gasteiger partial charge in [-0.3, -0.25) is 4.79 Å². The van der Waals surface area contributed by atoms with Gasteiger partial charge >= 0.3 is 5.97 Å². The minimum Gasteiger partial charge on any atom is -0.481 e. The number of alkyl halides is 2. The monoisotopic (exact) mass is 250 g/mol. The van der Waals surface area contributed by atoms with E-state index in [9.17, 15) is 18.7 Å². The first-order valence-corrected chi connectivity index (χ1v) is 5.79. The summed E-state index contributed by atoms with van der Waals surface area (Å²) in [5, 5.41) is 9.32. The van der Waals surface area contributed by atoms with E-state index < -0.39 is 22.9 Å². The molecule has 0 spiro atoms. The number of halogens is 2. The van der Waals surface area contributed by atoms with E-state index >= 15 is 0 Å². The molecule has 17 heavy (non-hydrogen) atoms. The molecule has 0 unspecified atom stereocenters. The van der Waals surface area contributed by atoms with Crippen LogP contribution in [0.2, 0.25) is 0 Å². The Hall–Kier alpha value is -0.710. The number of aliphatic carboxylic acids is 1. The van der Waals surface area contributed by atoms with Crippen molar-refractivity contribution in [3.8, 4) is 0 Å². The van der Waals surface area contributed by atoms with Gasteiger partial charge in [-0.25, -0.2) is 8.78 Å². The van der Waals surface area contributed by atoms with Gasteiger partial charge in [-0.05, 0) is 33.1 Å². The molecular formula is C12H20F2O3.